The van der Waals surface area contributed by atoms with E-state index in [4.69, 9.17) is 4.74 Å². The molecule has 0 fully saturated rings. The third-order valence-corrected chi connectivity index (χ3v) is 4.50. The average Bonchev–Trinajstić information content (AvgIpc) is 2.63. The molecule has 0 bridgehead atoms. The minimum absolute atomic E-state index is 0.242. The van der Waals surface area contributed by atoms with Crippen molar-refractivity contribution in [3.8, 4) is 5.75 Å². The molecule has 2 aromatic rings. The molecule has 2 atom stereocenters. The third kappa shape index (κ3) is 4.16. The standard InChI is InChI=1S/C21H23N3O3/c1-4-27-17-8-6-5-7-16(17)23-20(25)18-14(3)22-21(26)24-19(18)15-11-9-13(2)10-12-15/h5-12,18-19H,4H2,1-3H3,(H,23,25)(H,24,26). The van der Waals surface area contributed by atoms with Crippen LogP contribution in [0.5, 0.6) is 5.75 Å². The van der Waals surface area contributed by atoms with Gasteiger partial charge in [0, 0.05) is 5.71 Å². The summed E-state index contributed by atoms with van der Waals surface area (Å²) in [6, 6.07) is 14.1. The number of aryl methyl sites for hydroxylation is 1. The second-order valence-electron chi connectivity index (χ2n) is 6.49. The van der Waals surface area contributed by atoms with E-state index < -0.39 is 18.0 Å². The number of ether oxygens (including phenoxy) is 1. The minimum Gasteiger partial charge on any atom is -0.492 e. The molecule has 6 nitrogen and oxygen atoms in total. The molecule has 1 aliphatic heterocycles. The van der Waals surface area contributed by atoms with E-state index in [1.54, 1.807) is 19.1 Å². The minimum atomic E-state index is -0.611. The second-order valence-corrected chi connectivity index (χ2v) is 6.49. The van der Waals surface area contributed by atoms with E-state index in [1.807, 2.05) is 50.2 Å². The summed E-state index contributed by atoms with van der Waals surface area (Å²) in [5.74, 6) is -0.247. The Morgan fingerprint density at radius 3 is 2.56 bits per heavy atom. The maximum Gasteiger partial charge on any atom is 0.341 e. The van der Waals surface area contributed by atoms with Crippen molar-refractivity contribution in [2.24, 2.45) is 10.9 Å². The van der Waals surface area contributed by atoms with Crippen molar-refractivity contribution in [2.45, 2.75) is 26.8 Å². The summed E-state index contributed by atoms with van der Waals surface area (Å²) in [5.41, 5.74) is 3.05. The van der Waals surface area contributed by atoms with Gasteiger partial charge in [-0.05, 0) is 38.5 Å². The largest absolute Gasteiger partial charge is 0.492 e. The van der Waals surface area contributed by atoms with E-state index in [0.29, 0.717) is 23.8 Å². The zero-order valence-electron chi connectivity index (χ0n) is 15.7. The Bertz CT molecular complexity index is 874. The first-order valence-corrected chi connectivity index (χ1v) is 8.94. The number of hydrogen-bond donors (Lipinski definition) is 2. The molecule has 0 saturated carbocycles. The number of amides is 3. The fourth-order valence-corrected chi connectivity index (χ4v) is 3.17. The predicted octanol–water partition coefficient (Wildman–Crippen LogP) is 3.87. The van der Waals surface area contributed by atoms with E-state index in [0.717, 1.165) is 11.1 Å². The van der Waals surface area contributed by atoms with Crippen molar-refractivity contribution < 1.29 is 14.3 Å². The number of benzene rings is 2. The molecule has 0 radical (unpaired) electrons. The van der Waals surface area contributed by atoms with Crippen LogP contribution in [0.4, 0.5) is 10.5 Å². The summed E-state index contributed by atoms with van der Waals surface area (Å²) in [6.07, 6.45) is 0. The number of anilines is 1. The first-order chi connectivity index (χ1) is 13.0. The Hall–Kier alpha value is -3.15. The zero-order chi connectivity index (χ0) is 19.4. The lowest BCUT2D eigenvalue weighted by atomic mass is 9.87. The van der Waals surface area contributed by atoms with E-state index in [1.165, 1.54) is 0 Å². The summed E-state index contributed by atoms with van der Waals surface area (Å²) in [4.78, 5) is 29.0. The van der Waals surface area contributed by atoms with Crippen molar-refractivity contribution in [1.29, 1.82) is 0 Å². The van der Waals surface area contributed by atoms with Gasteiger partial charge in [0.25, 0.3) is 0 Å². The molecular weight excluding hydrogens is 342 g/mol. The van der Waals surface area contributed by atoms with Crippen LogP contribution in [0.2, 0.25) is 0 Å². The molecule has 1 heterocycles. The van der Waals surface area contributed by atoms with Crippen LogP contribution in [0.3, 0.4) is 0 Å². The van der Waals surface area contributed by atoms with Gasteiger partial charge in [0.05, 0.1) is 18.3 Å². The molecule has 2 unspecified atom stereocenters. The predicted molar refractivity (Wildman–Crippen MR) is 105 cm³/mol. The number of rotatable bonds is 5. The van der Waals surface area contributed by atoms with Crippen LogP contribution >= 0.6 is 0 Å². The topological polar surface area (TPSA) is 79.8 Å². The number of urea groups is 1. The normalized spacial score (nSPS) is 19.1. The molecule has 3 amide bonds. The third-order valence-electron chi connectivity index (χ3n) is 4.50. The number of carbonyl (C=O) groups excluding carboxylic acids is 2. The van der Waals surface area contributed by atoms with Gasteiger partial charge in [0.2, 0.25) is 5.91 Å². The summed E-state index contributed by atoms with van der Waals surface area (Å²) in [5, 5.41) is 5.75. The van der Waals surface area contributed by atoms with Crippen molar-refractivity contribution in [2.75, 3.05) is 11.9 Å². The highest BCUT2D eigenvalue weighted by molar-refractivity contribution is 6.13. The van der Waals surface area contributed by atoms with Gasteiger partial charge in [0.15, 0.2) is 0 Å². The fraction of sp³-hybridized carbons (Fsp3) is 0.286. The van der Waals surface area contributed by atoms with Gasteiger partial charge >= 0.3 is 6.03 Å². The van der Waals surface area contributed by atoms with Gasteiger partial charge in [-0.1, -0.05) is 42.0 Å². The molecule has 1 aliphatic rings. The Kier molecular flexibility index (Phi) is 5.54. The highest BCUT2D eigenvalue weighted by atomic mass is 16.5. The van der Waals surface area contributed by atoms with Crippen molar-refractivity contribution in [3.63, 3.8) is 0 Å². The van der Waals surface area contributed by atoms with Gasteiger partial charge in [-0.2, -0.15) is 0 Å². The smallest absolute Gasteiger partial charge is 0.341 e. The lowest BCUT2D eigenvalue weighted by molar-refractivity contribution is -0.118. The van der Waals surface area contributed by atoms with Gasteiger partial charge in [-0.15, -0.1) is 0 Å². The number of para-hydroxylation sites is 2. The molecule has 0 aliphatic carbocycles. The molecule has 2 aromatic carbocycles. The number of carbonyl (C=O) groups is 2. The van der Waals surface area contributed by atoms with Crippen LogP contribution in [0.1, 0.15) is 31.0 Å². The molecule has 27 heavy (non-hydrogen) atoms. The highest BCUT2D eigenvalue weighted by Gasteiger charge is 2.37. The molecule has 0 spiro atoms. The first kappa shape index (κ1) is 18.6. The van der Waals surface area contributed by atoms with E-state index in [2.05, 4.69) is 15.6 Å². The zero-order valence-corrected chi connectivity index (χ0v) is 15.7. The Labute approximate surface area is 158 Å². The number of aliphatic imine (C=N–C) groups is 1. The van der Waals surface area contributed by atoms with Crippen LogP contribution in [0.25, 0.3) is 0 Å². The van der Waals surface area contributed by atoms with Gasteiger partial charge in [-0.25, -0.2) is 9.79 Å². The summed E-state index contributed by atoms with van der Waals surface area (Å²) in [6.45, 7) is 6.09. The monoisotopic (exact) mass is 365 g/mol. The molecule has 0 aromatic heterocycles. The molecule has 2 N–H and O–H groups in total. The van der Waals surface area contributed by atoms with Crippen molar-refractivity contribution >= 4 is 23.3 Å². The maximum absolute atomic E-state index is 13.1. The first-order valence-electron chi connectivity index (χ1n) is 8.94. The number of hydrogen-bond acceptors (Lipinski definition) is 3. The Morgan fingerprint density at radius 2 is 1.85 bits per heavy atom. The van der Waals surface area contributed by atoms with E-state index in [9.17, 15) is 9.59 Å². The quantitative estimate of drug-likeness (QED) is 0.844. The van der Waals surface area contributed by atoms with Gasteiger partial charge < -0.3 is 15.4 Å². The number of nitrogens with one attached hydrogen (secondary N) is 2. The molecule has 0 saturated heterocycles. The summed E-state index contributed by atoms with van der Waals surface area (Å²) < 4.78 is 5.58. The lowest BCUT2D eigenvalue weighted by Crippen LogP contribution is -2.45. The SMILES string of the molecule is CCOc1ccccc1NC(=O)C1C(C)=NC(=O)NC1c1ccc(C)cc1. The summed E-state index contributed by atoms with van der Waals surface area (Å²) in [7, 11) is 0. The highest BCUT2D eigenvalue weighted by Crippen LogP contribution is 2.30. The lowest BCUT2D eigenvalue weighted by Gasteiger charge is -2.30. The van der Waals surface area contributed by atoms with Crippen LogP contribution in [-0.4, -0.2) is 24.3 Å². The van der Waals surface area contributed by atoms with Crippen LogP contribution in [-0.2, 0) is 4.79 Å². The number of nitrogens with zero attached hydrogens (tertiary/aromatic N) is 1. The van der Waals surface area contributed by atoms with Crippen molar-refractivity contribution in [3.05, 3.63) is 59.7 Å². The van der Waals surface area contributed by atoms with Gasteiger partial charge in [0.1, 0.15) is 11.7 Å². The fourth-order valence-electron chi connectivity index (χ4n) is 3.17. The van der Waals surface area contributed by atoms with Crippen molar-refractivity contribution in [1.82, 2.24) is 5.32 Å². The summed E-state index contributed by atoms with van der Waals surface area (Å²) >= 11 is 0. The molecule has 3 rings (SSSR count). The molecule has 6 heteroatoms. The Balaban J connectivity index is 1.91. The van der Waals surface area contributed by atoms with Crippen LogP contribution in [0, 0.1) is 12.8 Å². The van der Waals surface area contributed by atoms with Crippen LogP contribution < -0.4 is 15.4 Å². The van der Waals surface area contributed by atoms with Gasteiger partial charge in [-0.3, -0.25) is 4.79 Å². The average molecular weight is 365 g/mol. The van der Waals surface area contributed by atoms with Crippen LogP contribution in [0.15, 0.2) is 53.5 Å². The Morgan fingerprint density at radius 1 is 1.15 bits per heavy atom. The van der Waals surface area contributed by atoms with E-state index in [-0.39, 0.29) is 5.91 Å². The molecular formula is C21H23N3O3. The maximum atomic E-state index is 13.1. The van der Waals surface area contributed by atoms with E-state index >= 15 is 0 Å². The second kappa shape index (κ2) is 8.03. The molecule has 140 valence electrons.